The average Bonchev–Trinajstić information content (AvgIpc) is 2.66. The quantitative estimate of drug-likeness (QED) is 0.737. The third kappa shape index (κ3) is 3.30. The average molecular weight is 379 g/mol. The molecule has 0 unspecified atom stereocenters. The van der Waals surface area contributed by atoms with Gasteiger partial charge in [0, 0.05) is 17.7 Å². The Morgan fingerprint density at radius 2 is 1.59 bits per heavy atom. The lowest BCUT2D eigenvalue weighted by Gasteiger charge is -2.14. The summed E-state index contributed by atoms with van der Waals surface area (Å²) in [6, 6.07) is 7.62. The Labute approximate surface area is 152 Å². The molecule has 0 radical (unpaired) electrons. The van der Waals surface area contributed by atoms with Crippen molar-refractivity contribution in [3.63, 3.8) is 0 Å². The molecule has 2 aromatic carbocycles. The monoisotopic (exact) mass is 379 g/mol. The SMILES string of the molecule is COc1cc(OC)c2c(=O)c(OC)c(-c3ccc(C(F)(F)F)cc3)[nH]c2c1. The van der Waals surface area contributed by atoms with Crippen molar-refractivity contribution in [1.29, 1.82) is 0 Å². The number of alkyl halides is 3. The minimum absolute atomic E-state index is 0.0225. The summed E-state index contributed by atoms with van der Waals surface area (Å²) < 4.78 is 54.1. The van der Waals surface area contributed by atoms with E-state index in [4.69, 9.17) is 14.2 Å². The first kappa shape index (κ1) is 18.6. The molecule has 0 aliphatic heterocycles. The van der Waals surface area contributed by atoms with Gasteiger partial charge in [0.25, 0.3) is 0 Å². The Kier molecular flexibility index (Phi) is 4.73. The minimum Gasteiger partial charge on any atom is -0.497 e. The number of pyridine rings is 1. The Balaban J connectivity index is 2.28. The maximum Gasteiger partial charge on any atom is 0.416 e. The van der Waals surface area contributed by atoms with Crippen LogP contribution in [0, 0.1) is 0 Å². The van der Waals surface area contributed by atoms with E-state index in [9.17, 15) is 18.0 Å². The van der Waals surface area contributed by atoms with Crippen LogP contribution in [0.1, 0.15) is 5.56 Å². The van der Waals surface area contributed by atoms with Gasteiger partial charge in [0.1, 0.15) is 11.5 Å². The van der Waals surface area contributed by atoms with E-state index < -0.39 is 17.2 Å². The molecule has 1 heterocycles. The van der Waals surface area contributed by atoms with Gasteiger partial charge in [0.2, 0.25) is 5.43 Å². The molecule has 0 spiro atoms. The maximum absolute atomic E-state index is 12.9. The highest BCUT2D eigenvalue weighted by Crippen LogP contribution is 2.35. The molecule has 0 fully saturated rings. The summed E-state index contributed by atoms with van der Waals surface area (Å²) in [6.45, 7) is 0. The normalized spacial score (nSPS) is 11.5. The zero-order valence-electron chi connectivity index (χ0n) is 14.7. The molecule has 1 N–H and O–H groups in total. The molecule has 0 saturated heterocycles. The topological polar surface area (TPSA) is 60.6 Å². The zero-order valence-corrected chi connectivity index (χ0v) is 14.7. The number of H-pyrrole nitrogens is 1. The van der Waals surface area contributed by atoms with E-state index in [0.717, 1.165) is 12.1 Å². The number of hydrogen-bond acceptors (Lipinski definition) is 4. The summed E-state index contributed by atoms with van der Waals surface area (Å²) in [7, 11) is 4.21. The van der Waals surface area contributed by atoms with Crippen LogP contribution in [0.25, 0.3) is 22.2 Å². The molecule has 3 rings (SSSR count). The van der Waals surface area contributed by atoms with Crippen LogP contribution in [0.5, 0.6) is 17.2 Å². The molecule has 0 aliphatic rings. The molecule has 0 aliphatic carbocycles. The van der Waals surface area contributed by atoms with Crippen LogP contribution < -0.4 is 19.6 Å². The predicted octanol–water partition coefficient (Wildman–Crippen LogP) is 4.24. The molecule has 1 aromatic heterocycles. The van der Waals surface area contributed by atoms with Gasteiger partial charge in [-0.05, 0) is 12.1 Å². The number of aromatic amines is 1. The molecule has 142 valence electrons. The van der Waals surface area contributed by atoms with Gasteiger partial charge in [-0.2, -0.15) is 13.2 Å². The highest BCUT2D eigenvalue weighted by atomic mass is 19.4. The van der Waals surface area contributed by atoms with Gasteiger partial charge >= 0.3 is 6.18 Å². The first-order valence-electron chi connectivity index (χ1n) is 7.83. The Morgan fingerprint density at radius 1 is 0.926 bits per heavy atom. The van der Waals surface area contributed by atoms with Crippen LogP contribution in [0.15, 0.2) is 41.2 Å². The van der Waals surface area contributed by atoms with Crippen LogP contribution in [0.3, 0.4) is 0 Å². The number of ether oxygens (including phenoxy) is 3. The van der Waals surface area contributed by atoms with Gasteiger partial charge in [-0.3, -0.25) is 4.79 Å². The van der Waals surface area contributed by atoms with Crippen molar-refractivity contribution in [2.45, 2.75) is 6.18 Å². The lowest BCUT2D eigenvalue weighted by atomic mass is 10.0. The summed E-state index contributed by atoms with van der Waals surface area (Å²) in [6.07, 6.45) is -4.44. The van der Waals surface area contributed by atoms with E-state index in [2.05, 4.69) is 4.98 Å². The van der Waals surface area contributed by atoms with Crippen LogP contribution in [-0.4, -0.2) is 26.3 Å². The largest absolute Gasteiger partial charge is 0.497 e. The lowest BCUT2D eigenvalue weighted by molar-refractivity contribution is -0.137. The molecule has 0 bridgehead atoms. The maximum atomic E-state index is 12.9. The van der Waals surface area contributed by atoms with Gasteiger partial charge in [-0.1, -0.05) is 12.1 Å². The second-order valence-electron chi connectivity index (χ2n) is 5.69. The van der Waals surface area contributed by atoms with E-state index in [-0.39, 0.29) is 16.8 Å². The standard InChI is InChI=1S/C19H16F3NO4/c1-25-12-8-13-15(14(9-12)26-2)17(24)18(27-3)16(23-13)10-4-6-11(7-5-10)19(20,21)22/h4-9H,1-3H3,(H,23,24). The molecule has 8 heteroatoms. The van der Waals surface area contributed by atoms with Crippen molar-refractivity contribution >= 4 is 10.9 Å². The van der Waals surface area contributed by atoms with Crippen molar-refractivity contribution in [2.24, 2.45) is 0 Å². The summed E-state index contributed by atoms with van der Waals surface area (Å²) in [5.74, 6) is 0.729. The van der Waals surface area contributed by atoms with Crippen LogP contribution in [-0.2, 0) is 6.18 Å². The third-order valence-corrected chi connectivity index (χ3v) is 4.16. The van der Waals surface area contributed by atoms with E-state index in [1.807, 2.05) is 0 Å². The van der Waals surface area contributed by atoms with Crippen molar-refractivity contribution in [1.82, 2.24) is 4.98 Å². The third-order valence-electron chi connectivity index (χ3n) is 4.16. The number of aromatic nitrogens is 1. The molecule has 3 aromatic rings. The number of nitrogens with one attached hydrogen (secondary N) is 1. The smallest absolute Gasteiger partial charge is 0.416 e. The van der Waals surface area contributed by atoms with Crippen LogP contribution in [0.2, 0.25) is 0 Å². The fourth-order valence-corrected chi connectivity index (χ4v) is 2.84. The van der Waals surface area contributed by atoms with E-state index in [0.29, 0.717) is 22.6 Å². The molecule has 0 saturated carbocycles. The fourth-order valence-electron chi connectivity index (χ4n) is 2.84. The van der Waals surface area contributed by atoms with E-state index in [1.54, 1.807) is 12.1 Å². The highest BCUT2D eigenvalue weighted by molar-refractivity contribution is 5.90. The summed E-state index contributed by atoms with van der Waals surface area (Å²) in [5, 5.41) is 0.255. The number of fused-ring (bicyclic) bond motifs is 1. The van der Waals surface area contributed by atoms with Gasteiger partial charge in [-0.15, -0.1) is 0 Å². The van der Waals surface area contributed by atoms with E-state index in [1.165, 1.54) is 33.5 Å². The molecule has 27 heavy (non-hydrogen) atoms. The second-order valence-corrected chi connectivity index (χ2v) is 5.69. The first-order chi connectivity index (χ1) is 12.8. The van der Waals surface area contributed by atoms with Crippen molar-refractivity contribution in [3.05, 3.63) is 52.2 Å². The lowest BCUT2D eigenvalue weighted by Crippen LogP contribution is -2.11. The van der Waals surface area contributed by atoms with Gasteiger partial charge in [0.05, 0.1) is 43.5 Å². The number of rotatable bonds is 4. The van der Waals surface area contributed by atoms with Gasteiger partial charge in [0.15, 0.2) is 5.75 Å². The fraction of sp³-hybridized carbons (Fsp3) is 0.211. The van der Waals surface area contributed by atoms with Gasteiger partial charge < -0.3 is 19.2 Å². The van der Waals surface area contributed by atoms with Crippen LogP contribution >= 0.6 is 0 Å². The molecule has 0 amide bonds. The Hall–Kier alpha value is -3.16. The Morgan fingerprint density at radius 3 is 2.11 bits per heavy atom. The van der Waals surface area contributed by atoms with Crippen molar-refractivity contribution < 1.29 is 27.4 Å². The number of benzene rings is 2. The van der Waals surface area contributed by atoms with Crippen molar-refractivity contribution in [2.75, 3.05) is 21.3 Å². The summed E-state index contributed by atoms with van der Waals surface area (Å²) in [4.78, 5) is 16.0. The number of halogens is 3. The molecular weight excluding hydrogens is 363 g/mol. The second kappa shape index (κ2) is 6.86. The summed E-state index contributed by atoms with van der Waals surface area (Å²) in [5.41, 5.74) is -0.177. The first-order valence-corrected chi connectivity index (χ1v) is 7.83. The van der Waals surface area contributed by atoms with Gasteiger partial charge in [-0.25, -0.2) is 0 Å². The minimum atomic E-state index is -4.44. The van der Waals surface area contributed by atoms with Crippen LogP contribution in [0.4, 0.5) is 13.2 Å². The Bertz CT molecular complexity index is 1040. The van der Waals surface area contributed by atoms with E-state index >= 15 is 0 Å². The number of hydrogen-bond donors (Lipinski definition) is 1. The molecule has 0 atom stereocenters. The molecule has 5 nitrogen and oxygen atoms in total. The highest BCUT2D eigenvalue weighted by Gasteiger charge is 2.30. The summed E-state index contributed by atoms with van der Waals surface area (Å²) >= 11 is 0. The zero-order chi connectivity index (χ0) is 19.8. The predicted molar refractivity (Wildman–Crippen MR) is 94.7 cm³/mol. The number of methoxy groups -OCH3 is 3. The molecular formula is C19H16F3NO4. The van der Waals surface area contributed by atoms with Crippen molar-refractivity contribution in [3.8, 4) is 28.5 Å².